The Kier molecular flexibility index (Phi) is 4.60. The van der Waals surface area contributed by atoms with Crippen molar-refractivity contribution >= 4 is 11.9 Å². The molecule has 3 rings (SSSR count). The summed E-state index contributed by atoms with van der Waals surface area (Å²) in [6, 6.07) is 0. The summed E-state index contributed by atoms with van der Waals surface area (Å²) in [4.78, 5) is 22.9. The fourth-order valence-corrected chi connectivity index (χ4v) is 5.36. The van der Waals surface area contributed by atoms with Gasteiger partial charge in [0.15, 0.2) is 0 Å². The highest BCUT2D eigenvalue weighted by Crippen LogP contribution is 2.62. The second-order valence-corrected chi connectivity index (χ2v) is 7.45. The Morgan fingerprint density at radius 3 is 2.52 bits per heavy atom. The smallest absolute Gasteiger partial charge is 0.333 e. The van der Waals surface area contributed by atoms with Crippen LogP contribution in [0.4, 0.5) is 0 Å². The van der Waals surface area contributed by atoms with E-state index in [-0.39, 0.29) is 11.9 Å². The van der Waals surface area contributed by atoms with Gasteiger partial charge < -0.3 is 9.47 Å². The third-order valence-electron chi connectivity index (χ3n) is 6.17. The lowest BCUT2D eigenvalue weighted by molar-refractivity contribution is -0.141. The third kappa shape index (κ3) is 3.08. The molecule has 3 aliphatic carbocycles. The molecule has 0 N–H and O–H groups in total. The number of carbonyl (C=O) groups excluding carboxylic acids is 2. The molecule has 23 heavy (non-hydrogen) atoms. The Bertz CT molecular complexity index is 523. The van der Waals surface area contributed by atoms with E-state index in [9.17, 15) is 9.59 Å². The third-order valence-corrected chi connectivity index (χ3v) is 6.17. The van der Waals surface area contributed by atoms with Gasteiger partial charge >= 0.3 is 11.9 Å². The van der Waals surface area contributed by atoms with Crippen LogP contribution in [0.3, 0.4) is 0 Å². The molecule has 0 heterocycles. The predicted octanol–water partition coefficient (Wildman–Crippen LogP) is 3.13. The Hall–Kier alpha value is -1.58. The van der Waals surface area contributed by atoms with Gasteiger partial charge in [-0.25, -0.2) is 9.59 Å². The number of hydrogen-bond acceptors (Lipinski definition) is 4. The molecule has 2 bridgehead atoms. The first kappa shape index (κ1) is 16.3. The maximum Gasteiger partial charge on any atom is 0.333 e. The monoisotopic (exact) mass is 318 g/mol. The van der Waals surface area contributed by atoms with Crippen molar-refractivity contribution in [1.82, 2.24) is 0 Å². The van der Waals surface area contributed by atoms with Gasteiger partial charge in [-0.1, -0.05) is 13.2 Å². The van der Waals surface area contributed by atoms with Crippen LogP contribution in [0.2, 0.25) is 0 Å². The van der Waals surface area contributed by atoms with Gasteiger partial charge in [-0.3, -0.25) is 0 Å². The largest absolute Gasteiger partial charge is 0.462 e. The van der Waals surface area contributed by atoms with Crippen LogP contribution in [-0.2, 0) is 19.1 Å². The zero-order valence-corrected chi connectivity index (χ0v) is 13.8. The van der Waals surface area contributed by atoms with E-state index in [1.807, 2.05) is 0 Å². The lowest BCUT2D eigenvalue weighted by atomic mass is 9.73. The van der Waals surface area contributed by atoms with Crippen molar-refractivity contribution in [3.05, 3.63) is 24.8 Å². The van der Waals surface area contributed by atoms with Gasteiger partial charge in [-0.2, -0.15) is 0 Å². The molecule has 4 heteroatoms. The quantitative estimate of drug-likeness (QED) is 0.558. The summed E-state index contributed by atoms with van der Waals surface area (Å²) in [5.41, 5.74) is 0.469. The maximum absolute atomic E-state index is 11.6. The Balaban J connectivity index is 1.54. The van der Waals surface area contributed by atoms with E-state index in [0.717, 1.165) is 18.8 Å². The van der Waals surface area contributed by atoms with Crippen LogP contribution < -0.4 is 0 Å². The van der Waals surface area contributed by atoms with Gasteiger partial charge in [0.05, 0.1) is 13.2 Å². The zero-order chi connectivity index (χ0) is 16.6. The molecule has 126 valence electrons. The predicted molar refractivity (Wildman–Crippen MR) is 86.3 cm³/mol. The fraction of sp³-hybridized carbons (Fsp3) is 0.684. The lowest BCUT2D eigenvalue weighted by Crippen LogP contribution is -2.31. The van der Waals surface area contributed by atoms with Crippen LogP contribution in [0.5, 0.6) is 0 Å². The minimum atomic E-state index is -0.318. The molecule has 3 aliphatic rings. The van der Waals surface area contributed by atoms with Crippen LogP contribution in [0.15, 0.2) is 24.8 Å². The molecule has 0 aromatic rings. The van der Waals surface area contributed by atoms with Crippen molar-refractivity contribution in [2.24, 2.45) is 35.5 Å². The summed E-state index contributed by atoms with van der Waals surface area (Å²) >= 11 is 0. The molecule has 0 aliphatic heterocycles. The van der Waals surface area contributed by atoms with E-state index in [2.05, 4.69) is 13.2 Å². The molecule has 4 nitrogen and oxygen atoms in total. The van der Waals surface area contributed by atoms with Gasteiger partial charge in [-0.05, 0) is 68.1 Å². The topological polar surface area (TPSA) is 52.6 Å². The summed E-state index contributed by atoms with van der Waals surface area (Å²) in [6.07, 6.45) is 5.98. The Labute approximate surface area is 137 Å². The van der Waals surface area contributed by atoms with Gasteiger partial charge in [0.2, 0.25) is 0 Å². The first-order chi connectivity index (χ1) is 11.0. The zero-order valence-electron chi connectivity index (χ0n) is 13.8. The Morgan fingerprint density at radius 2 is 1.83 bits per heavy atom. The molecule has 0 aromatic heterocycles. The van der Waals surface area contributed by atoms with Crippen LogP contribution in [0, 0.1) is 35.5 Å². The van der Waals surface area contributed by atoms with Gasteiger partial charge in [0, 0.05) is 11.6 Å². The molecule has 3 saturated carbocycles. The van der Waals surface area contributed by atoms with Crippen molar-refractivity contribution in [2.45, 2.75) is 32.6 Å². The van der Waals surface area contributed by atoms with Crippen LogP contribution in [0.25, 0.3) is 0 Å². The summed E-state index contributed by atoms with van der Waals surface area (Å²) in [7, 11) is 0. The molecule has 0 spiro atoms. The Morgan fingerprint density at radius 1 is 1.09 bits per heavy atom. The minimum Gasteiger partial charge on any atom is -0.462 e. The van der Waals surface area contributed by atoms with Gasteiger partial charge in [-0.15, -0.1) is 0 Å². The summed E-state index contributed by atoms with van der Waals surface area (Å²) in [5.74, 6) is 3.18. The van der Waals surface area contributed by atoms with Crippen molar-refractivity contribution in [2.75, 3.05) is 13.2 Å². The second kappa shape index (κ2) is 6.50. The first-order valence-electron chi connectivity index (χ1n) is 8.63. The van der Waals surface area contributed by atoms with Crippen molar-refractivity contribution in [1.29, 1.82) is 0 Å². The second-order valence-electron chi connectivity index (χ2n) is 7.45. The van der Waals surface area contributed by atoms with E-state index in [1.165, 1.54) is 18.9 Å². The lowest BCUT2D eigenvalue weighted by Gasteiger charge is -2.33. The number of esters is 2. The summed E-state index contributed by atoms with van der Waals surface area (Å²) in [5, 5.41) is 0. The van der Waals surface area contributed by atoms with Crippen molar-refractivity contribution < 1.29 is 19.1 Å². The van der Waals surface area contributed by atoms with Gasteiger partial charge in [0.25, 0.3) is 0 Å². The van der Waals surface area contributed by atoms with E-state index in [1.54, 1.807) is 6.92 Å². The maximum atomic E-state index is 11.6. The van der Waals surface area contributed by atoms with Crippen LogP contribution in [0.1, 0.15) is 32.6 Å². The first-order valence-corrected chi connectivity index (χ1v) is 8.63. The molecule has 6 atom stereocenters. The fourth-order valence-electron chi connectivity index (χ4n) is 5.36. The molecule has 0 saturated heterocycles. The summed E-state index contributed by atoms with van der Waals surface area (Å²) in [6.45, 7) is 9.83. The van der Waals surface area contributed by atoms with Gasteiger partial charge in [0.1, 0.15) is 0 Å². The normalized spacial score (nSPS) is 37.3. The SMILES string of the molecule is C=CC(=O)OCC1CCC2C3CC(CC3COC(=O)C(=C)C)C12. The number of rotatable bonds is 6. The molecule has 3 fully saturated rings. The average molecular weight is 318 g/mol. The molecule has 6 unspecified atom stereocenters. The molecule has 0 aromatic carbocycles. The van der Waals surface area contributed by atoms with Crippen molar-refractivity contribution in [3.63, 3.8) is 0 Å². The number of fused-ring (bicyclic) bond motifs is 5. The number of hydrogen-bond donors (Lipinski definition) is 0. The van der Waals surface area contributed by atoms with E-state index in [0.29, 0.717) is 48.4 Å². The van der Waals surface area contributed by atoms with E-state index < -0.39 is 0 Å². The molecular formula is C19H26O4. The highest BCUT2D eigenvalue weighted by molar-refractivity contribution is 5.86. The van der Waals surface area contributed by atoms with Crippen LogP contribution in [-0.4, -0.2) is 25.2 Å². The minimum absolute atomic E-state index is 0.273. The molecular weight excluding hydrogens is 292 g/mol. The molecule has 0 radical (unpaired) electrons. The van der Waals surface area contributed by atoms with Crippen molar-refractivity contribution in [3.8, 4) is 0 Å². The standard InChI is InChI=1S/C19H26O4/c1-4-17(20)22-9-12-5-6-15-16-8-13(18(12)15)7-14(16)10-23-19(21)11(2)3/h4,12-16,18H,1-2,5-10H2,3H3. The highest BCUT2D eigenvalue weighted by atomic mass is 16.5. The average Bonchev–Trinajstić information content (AvgIpc) is 3.21. The summed E-state index contributed by atoms with van der Waals surface area (Å²) < 4.78 is 10.7. The number of ether oxygens (including phenoxy) is 2. The van der Waals surface area contributed by atoms with E-state index in [4.69, 9.17) is 9.47 Å². The highest BCUT2D eigenvalue weighted by Gasteiger charge is 2.57. The van der Waals surface area contributed by atoms with Crippen LogP contribution >= 0.6 is 0 Å². The number of carbonyl (C=O) groups is 2. The molecule has 0 amide bonds. The van der Waals surface area contributed by atoms with E-state index >= 15 is 0 Å².